The number of fused-ring (bicyclic) bond motifs is 1. The second kappa shape index (κ2) is 3.73. The van der Waals surface area contributed by atoms with Gasteiger partial charge in [0.1, 0.15) is 0 Å². The van der Waals surface area contributed by atoms with Crippen LogP contribution in [-0.2, 0) is 6.54 Å². The molecule has 0 aliphatic rings. The number of benzene rings is 1. The van der Waals surface area contributed by atoms with Crippen molar-refractivity contribution in [3.63, 3.8) is 0 Å². The quantitative estimate of drug-likeness (QED) is 0.563. The average Bonchev–Trinajstić information content (AvgIpc) is 2.29. The highest BCUT2D eigenvalue weighted by atomic mass is 16.6. The summed E-state index contributed by atoms with van der Waals surface area (Å²) in [5.41, 5.74) is -0.394. The molecule has 82 valence electrons. The predicted octanol–water partition coefficient (Wildman–Crippen LogP) is 1.32. The Morgan fingerprint density at radius 3 is 2.81 bits per heavy atom. The number of nitrogens with zero attached hydrogens (tertiary/aromatic N) is 3. The van der Waals surface area contributed by atoms with Crippen molar-refractivity contribution in [2.75, 3.05) is 0 Å². The van der Waals surface area contributed by atoms with Crippen LogP contribution in [0.2, 0.25) is 0 Å². The Hall–Kier alpha value is -2.24. The number of aromatic nitrogens is 2. The zero-order valence-corrected chi connectivity index (χ0v) is 8.58. The first-order valence-corrected chi connectivity index (χ1v) is 4.78. The van der Waals surface area contributed by atoms with E-state index in [9.17, 15) is 14.9 Å². The highest BCUT2D eigenvalue weighted by Gasteiger charge is 2.13. The number of nitro benzene ring substituents is 1. The predicted molar refractivity (Wildman–Crippen MR) is 58.3 cm³/mol. The minimum Gasteiger partial charge on any atom is -0.267 e. The molecule has 0 atom stereocenters. The highest BCUT2D eigenvalue weighted by molar-refractivity contribution is 5.89. The molecule has 1 heterocycles. The molecule has 0 saturated carbocycles. The van der Waals surface area contributed by atoms with Gasteiger partial charge in [-0.25, -0.2) is 4.68 Å². The summed E-state index contributed by atoms with van der Waals surface area (Å²) in [6, 6.07) is 4.43. The number of non-ortho nitro benzene ring substituents is 1. The summed E-state index contributed by atoms with van der Waals surface area (Å²) in [4.78, 5) is 22.0. The summed E-state index contributed by atoms with van der Waals surface area (Å²) in [6.45, 7) is 2.23. The summed E-state index contributed by atoms with van der Waals surface area (Å²) in [7, 11) is 0. The molecule has 6 heteroatoms. The molecule has 0 radical (unpaired) electrons. The number of hydrogen-bond acceptors (Lipinski definition) is 4. The third-order valence-corrected chi connectivity index (χ3v) is 2.37. The number of aryl methyl sites for hydroxylation is 1. The zero-order chi connectivity index (χ0) is 11.7. The Kier molecular flexibility index (Phi) is 2.40. The van der Waals surface area contributed by atoms with E-state index >= 15 is 0 Å². The largest absolute Gasteiger partial charge is 0.279 e. The van der Waals surface area contributed by atoms with Crippen LogP contribution in [0.4, 0.5) is 5.69 Å². The van der Waals surface area contributed by atoms with Crippen LogP contribution in [-0.4, -0.2) is 14.7 Å². The van der Waals surface area contributed by atoms with E-state index in [1.165, 1.54) is 23.0 Å². The van der Waals surface area contributed by atoms with Crippen molar-refractivity contribution in [1.29, 1.82) is 0 Å². The molecule has 0 bridgehead atoms. The van der Waals surface area contributed by atoms with E-state index in [1.54, 1.807) is 13.0 Å². The van der Waals surface area contributed by atoms with Crippen molar-refractivity contribution >= 4 is 16.5 Å². The van der Waals surface area contributed by atoms with Gasteiger partial charge in [-0.05, 0) is 13.0 Å². The standard InChI is InChI=1S/C10H9N3O3/c1-2-12-10(14)7-4-3-5-9(13(15)16)8(7)6-11-12/h3-6H,2H2,1H3. The summed E-state index contributed by atoms with van der Waals surface area (Å²) in [6.07, 6.45) is 1.36. The summed E-state index contributed by atoms with van der Waals surface area (Å²) in [5, 5.41) is 15.2. The summed E-state index contributed by atoms with van der Waals surface area (Å²) < 4.78 is 1.27. The van der Waals surface area contributed by atoms with Gasteiger partial charge in [0.05, 0.1) is 21.9 Å². The van der Waals surface area contributed by atoms with Crippen molar-refractivity contribution in [1.82, 2.24) is 9.78 Å². The van der Waals surface area contributed by atoms with Crippen LogP contribution >= 0.6 is 0 Å². The van der Waals surface area contributed by atoms with Crippen molar-refractivity contribution < 1.29 is 4.92 Å². The van der Waals surface area contributed by atoms with Crippen LogP contribution in [0.15, 0.2) is 29.2 Å². The molecule has 0 aliphatic carbocycles. The monoisotopic (exact) mass is 219 g/mol. The van der Waals surface area contributed by atoms with Gasteiger partial charge in [0.15, 0.2) is 0 Å². The maximum atomic E-state index is 11.8. The molecule has 0 spiro atoms. The van der Waals surface area contributed by atoms with Crippen molar-refractivity contribution in [3.05, 3.63) is 44.9 Å². The lowest BCUT2D eigenvalue weighted by Crippen LogP contribution is -2.21. The molecule has 0 N–H and O–H groups in total. The van der Waals surface area contributed by atoms with Gasteiger partial charge < -0.3 is 0 Å². The minimum absolute atomic E-state index is 0.0923. The average molecular weight is 219 g/mol. The lowest BCUT2D eigenvalue weighted by atomic mass is 10.1. The van der Waals surface area contributed by atoms with Crippen LogP contribution in [0.5, 0.6) is 0 Å². The Bertz CT molecular complexity index is 618. The van der Waals surface area contributed by atoms with Gasteiger partial charge in [-0.15, -0.1) is 0 Å². The van der Waals surface area contributed by atoms with Crippen LogP contribution in [0, 0.1) is 10.1 Å². The van der Waals surface area contributed by atoms with Crippen molar-refractivity contribution in [2.24, 2.45) is 0 Å². The fourth-order valence-electron chi connectivity index (χ4n) is 1.58. The molecule has 0 saturated heterocycles. The first-order chi connectivity index (χ1) is 7.65. The van der Waals surface area contributed by atoms with Crippen LogP contribution in [0.1, 0.15) is 6.92 Å². The van der Waals surface area contributed by atoms with E-state index in [0.29, 0.717) is 11.9 Å². The molecule has 16 heavy (non-hydrogen) atoms. The number of rotatable bonds is 2. The second-order valence-electron chi connectivity index (χ2n) is 3.26. The molecule has 0 amide bonds. The first-order valence-electron chi connectivity index (χ1n) is 4.78. The lowest BCUT2D eigenvalue weighted by Gasteiger charge is -2.02. The third-order valence-electron chi connectivity index (χ3n) is 2.37. The van der Waals surface area contributed by atoms with E-state index < -0.39 is 4.92 Å². The van der Waals surface area contributed by atoms with Crippen molar-refractivity contribution in [3.8, 4) is 0 Å². The highest BCUT2D eigenvalue weighted by Crippen LogP contribution is 2.21. The Morgan fingerprint density at radius 2 is 2.19 bits per heavy atom. The molecular weight excluding hydrogens is 210 g/mol. The van der Waals surface area contributed by atoms with E-state index in [-0.39, 0.29) is 16.6 Å². The third kappa shape index (κ3) is 1.44. The van der Waals surface area contributed by atoms with Gasteiger partial charge in [-0.2, -0.15) is 5.10 Å². The molecule has 6 nitrogen and oxygen atoms in total. The van der Waals surface area contributed by atoms with Gasteiger partial charge in [0.2, 0.25) is 0 Å². The summed E-state index contributed by atoms with van der Waals surface area (Å²) >= 11 is 0. The van der Waals surface area contributed by atoms with E-state index in [1.807, 2.05) is 0 Å². The lowest BCUT2D eigenvalue weighted by molar-refractivity contribution is -0.383. The molecule has 1 aromatic carbocycles. The fraction of sp³-hybridized carbons (Fsp3) is 0.200. The van der Waals surface area contributed by atoms with Gasteiger partial charge in [0.25, 0.3) is 11.2 Å². The van der Waals surface area contributed by atoms with E-state index in [2.05, 4.69) is 5.10 Å². The molecule has 2 rings (SSSR count). The molecule has 0 unspecified atom stereocenters. The van der Waals surface area contributed by atoms with Gasteiger partial charge >= 0.3 is 0 Å². The minimum atomic E-state index is -0.514. The number of hydrogen-bond donors (Lipinski definition) is 0. The van der Waals surface area contributed by atoms with Gasteiger partial charge in [0, 0.05) is 12.6 Å². The second-order valence-corrected chi connectivity index (χ2v) is 3.26. The first kappa shape index (κ1) is 10.3. The molecule has 0 fully saturated rings. The summed E-state index contributed by atoms with van der Waals surface area (Å²) in [5.74, 6) is 0. The van der Waals surface area contributed by atoms with Crippen LogP contribution in [0.3, 0.4) is 0 Å². The Labute approximate surface area is 90.3 Å². The molecule has 1 aromatic heterocycles. The van der Waals surface area contributed by atoms with E-state index in [0.717, 1.165) is 0 Å². The Balaban J connectivity index is 2.88. The Morgan fingerprint density at radius 1 is 1.44 bits per heavy atom. The molecular formula is C10H9N3O3. The van der Waals surface area contributed by atoms with E-state index in [4.69, 9.17) is 0 Å². The SMILES string of the molecule is CCn1ncc2c([N+](=O)[O-])cccc2c1=O. The van der Waals surface area contributed by atoms with Gasteiger partial charge in [-0.1, -0.05) is 6.07 Å². The molecule has 2 aromatic rings. The zero-order valence-electron chi connectivity index (χ0n) is 8.58. The fourth-order valence-corrected chi connectivity index (χ4v) is 1.58. The number of nitro groups is 1. The maximum absolute atomic E-state index is 11.8. The van der Waals surface area contributed by atoms with Crippen LogP contribution in [0.25, 0.3) is 10.8 Å². The normalized spacial score (nSPS) is 10.6. The smallest absolute Gasteiger partial charge is 0.267 e. The van der Waals surface area contributed by atoms with Gasteiger partial charge in [-0.3, -0.25) is 14.9 Å². The topological polar surface area (TPSA) is 78.0 Å². The van der Waals surface area contributed by atoms with Crippen LogP contribution < -0.4 is 5.56 Å². The van der Waals surface area contributed by atoms with Crippen molar-refractivity contribution in [2.45, 2.75) is 13.5 Å². The molecule has 0 aliphatic heterocycles. The maximum Gasteiger partial charge on any atom is 0.279 e.